The minimum Gasteiger partial charge on any atom is -0.503 e. The Balaban J connectivity index is 3.05. The van der Waals surface area contributed by atoms with Crippen LogP contribution in [0, 0.1) is 5.92 Å². The van der Waals surface area contributed by atoms with Gasteiger partial charge in [0.1, 0.15) is 6.04 Å². The Bertz CT molecular complexity index is 417. The molecule has 0 saturated carbocycles. The summed E-state index contributed by atoms with van der Waals surface area (Å²) in [7, 11) is 0. The van der Waals surface area contributed by atoms with Crippen LogP contribution in [0.15, 0.2) is 11.3 Å². The number of carbonyl (C=O) groups is 2. The highest BCUT2D eigenvalue weighted by Gasteiger charge is 2.43. The summed E-state index contributed by atoms with van der Waals surface area (Å²) in [6.45, 7) is 7.57. The van der Waals surface area contributed by atoms with Crippen LogP contribution in [0.1, 0.15) is 47.0 Å². The molecular weight excluding hydrogens is 260 g/mol. The van der Waals surface area contributed by atoms with E-state index in [2.05, 4.69) is 0 Å². The van der Waals surface area contributed by atoms with Crippen molar-refractivity contribution >= 4 is 11.8 Å². The maximum absolute atomic E-state index is 12.2. The molecule has 6 heteroatoms. The molecule has 0 aromatic rings. The van der Waals surface area contributed by atoms with E-state index in [9.17, 15) is 14.7 Å². The van der Waals surface area contributed by atoms with Crippen LogP contribution in [0.2, 0.25) is 0 Å². The lowest BCUT2D eigenvalue weighted by Gasteiger charge is -2.31. The highest BCUT2D eigenvalue weighted by Crippen LogP contribution is 2.32. The molecule has 0 saturated heterocycles. The van der Waals surface area contributed by atoms with Gasteiger partial charge < -0.3 is 10.0 Å². The summed E-state index contributed by atoms with van der Waals surface area (Å²) in [6.07, 6.45) is 2.09. The Hall–Kier alpha value is -1.56. The van der Waals surface area contributed by atoms with E-state index in [0.29, 0.717) is 12.0 Å². The van der Waals surface area contributed by atoms with E-state index >= 15 is 0 Å². The van der Waals surface area contributed by atoms with E-state index in [1.807, 2.05) is 20.8 Å². The number of unbranched alkanes of at least 4 members (excludes halogenated alkanes) is 1. The van der Waals surface area contributed by atoms with Gasteiger partial charge in [-0.15, -0.1) is 0 Å². The Morgan fingerprint density at radius 2 is 2.05 bits per heavy atom. The zero-order valence-electron chi connectivity index (χ0n) is 12.5. The van der Waals surface area contributed by atoms with Crippen molar-refractivity contribution in [1.82, 2.24) is 10.4 Å². The first kappa shape index (κ1) is 16.5. The lowest BCUT2D eigenvalue weighted by molar-refractivity contribution is -0.144. The summed E-state index contributed by atoms with van der Waals surface area (Å²) >= 11 is 0. The van der Waals surface area contributed by atoms with Gasteiger partial charge in [-0.1, -0.05) is 33.6 Å². The van der Waals surface area contributed by atoms with Gasteiger partial charge in [-0.2, -0.15) is 0 Å². The number of nitrogens with one attached hydrogen (secondary N) is 1. The second-order valence-electron chi connectivity index (χ2n) is 5.48. The topological polar surface area (TPSA) is 89.9 Å². The van der Waals surface area contributed by atoms with Crippen LogP contribution in [-0.4, -0.2) is 39.1 Å². The van der Waals surface area contributed by atoms with Crippen molar-refractivity contribution in [3.8, 4) is 0 Å². The third-order valence-corrected chi connectivity index (χ3v) is 3.78. The van der Waals surface area contributed by atoms with E-state index < -0.39 is 17.9 Å². The number of hydrogen-bond acceptors (Lipinski definition) is 4. The minimum atomic E-state index is -0.763. The molecule has 0 radical (unpaired) electrons. The maximum Gasteiger partial charge on any atom is 0.289 e. The van der Waals surface area contributed by atoms with Crippen molar-refractivity contribution in [3.63, 3.8) is 0 Å². The van der Waals surface area contributed by atoms with E-state index in [0.717, 1.165) is 12.8 Å². The molecule has 20 heavy (non-hydrogen) atoms. The molecule has 6 nitrogen and oxygen atoms in total. The molecule has 2 unspecified atom stereocenters. The van der Waals surface area contributed by atoms with Gasteiger partial charge in [0, 0.05) is 5.57 Å². The Morgan fingerprint density at radius 1 is 1.45 bits per heavy atom. The van der Waals surface area contributed by atoms with Crippen LogP contribution in [0.25, 0.3) is 0 Å². The zero-order valence-corrected chi connectivity index (χ0v) is 12.5. The van der Waals surface area contributed by atoms with E-state index in [1.54, 1.807) is 12.4 Å². The molecular formula is C14H24N2O4. The average molecular weight is 284 g/mol. The van der Waals surface area contributed by atoms with Crippen molar-refractivity contribution in [2.75, 3.05) is 0 Å². The molecule has 1 aliphatic heterocycles. The first-order chi connectivity index (χ1) is 9.36. The van der Waals surface area contributed by atoms with Gasteiger partial charge in [0.15, 0.2) is 5.76 Å². The quantitative estimate of drug-likeness (QED) is 0.512. The first-order valence-corrected chi connectivity index (χ1v) is 7.06. The lowest BCUT2D eigenvalue weighted by Crippen LogP contribution is -2.50. The van der Waals surface area contributed by atoms with Gasteiger partial charge in [-0.05, 0) is 19.3 Å². The smallest absolute Gasteiger partial charge is 0.289 e. The Morgan fingerprint density at radius 3 is 2.45 bits per heavy atom. The van der Waals surface area contributed by atoms with Gasteiger partial charge in [0.2, 0.25) is 0 Å². The van der Waals surface area contributed by atoms with Crippen LogP contribution in [0.4, 0.5) is 0 Å². The maximum atomic E-state index is 12.2. The predicted molar refractivity (Wildman–Crippen MR) is 74.0 cm³/mol. The van der Waals surface area contributed by atoms with Crippen LogP contribution in [0.5, 0.6) is 0 Å². The van der Waals surface area contributed by atoms with Crippen molar-refractivity contribution in [3.05, 3.63) is 11.3 Å². The number of hydrogen-bond donors (Lipinski definition) is 3. The number of amides is 2. The average Bonchev–Trinajstić information content (AvgIpc) is 2.62. The molecule has 2 amide bonds. The van der Waals surface area contributed by atoms with Gasteiger partial charge in [0.25, 0.3) is 11.8 Å². The van der Waals surface area contributed by atoms with Crippen LogP contribution in [-0.2, 0) is 9.59 Å². The van der Waals surface area contributed by atoms with Crippen molar-refractivity contribution in [2.45, 2.75) is 59.0 Å². The fourth-order valence-corrected chi connectivity index (χ4v) is 2.81. The highest BCUT2D eigenvalue weighted by molar-refractivity contribution is 5.98. The third kappa shape index (κ3) is 2.95. The molecule has 1 rings (SSSR count). The molecule has 0 bridgehead atoms. The number of aliphatic hydroxyl groups is 1. The summed E-state index contributed by atoms with van der Waals surface area (Å²) in [4.78, 5) is 25.4. The van der Waals surface area contributed by atoms with Gasteiger partial charge in [-0.3, -0.25) is 14.8 Å². The Kier molecular flexibility index (Phi) is 5.56. The van der Waals surface area contributed by atoms with Crippen LogP contribution in [0.3, 0.4) is 0 Å². The molecule has 0 aromatic heterocycles. The molecule has 0 fully saturated rings. The number of hydroxylamine groups is 1. The SMILES string of the molecule is CCCCC(C(=O)NO)N1C(=O)C(O)=C(C(C)C)C1C. The fraction of sp³-hybridized carbons (Fsp3) is 0.714. The second-order valence-corrected chi connectivity index (χ2v) is 5.48. The largest absolute Gasteiger partial charge is 0.503 e. The van der Waals surface area contributed by atoms with Gasteiger partial charge in [0.05, 0.1) is 6.04 Å². The summed E-state index contributed by atoms with van der Waals surface area (Å²) < 4.78 is 0. The third-order valence-electron chi connectivity index (χ3n) is 3.78. The second kappa shape index (κ2) is 6.74. The summed E-state index contributed by atoms with van der Waals surface area (Å²) in [6, 6.07) is -1.11. The summed E-state index contributed by atoms with van der Waals surface area (Å²) in [5.41, 5.74) is 2.26. The normalized spacial score (nSPS) is 20.8. The standard InChI is InChI=1S/C14H24N2O4/c1-5-6-7-10(13(18)15-20)16-9(4)11(8(2)3)12(17)14(16)19/h8-10,17,20H,5-7H2,1-4H3,(H,15,18). The minimum absolute atomic E-state index is 0.0166. The molecule has 0 aromatic carbocycles. The molecule has 0 spiro atoms. The van der Waals surface area contributed by atoms with E-state index in [4.69, 9.17) is 5.21 Å². The highest BCUT2D eigenvalue weighted by atomic mass is 16.5. The lowest BCUT2D eigenvalue weighted by atomic mass is 9.96. The Labute approximate surface area is 119 Å². The summed E-state index contributed by atoms with van der Waals surface area (Å²) in [5, 5.41) is 18.9. The van der Waals surface area contributed by atoms with Crippen molar-refractivity contribution in [1.29, 1.82) is 0 Å². The number of aliphatic hydroxyl groups excluding tert-OH is 1. The molecule has 3 N–H and O–H groups in total. The number of rotatable bonds is 6. The fourth-order valence-electron chi connectivity index (χ4n) is 2.81. The van der Waals surface area contributed by atoms with Gasteiger partial charge in [-0.25, -0.2) is 5.48 Å². The molecule has 1 heterocycles. The number of carbonyl (C=O) groups excluding carboxylic acids is 2. The van der Waals surface area contributed by atoms with Crippen LogP contribution < -0.4 is 5.48 Å². The van der Waals surface area contributed by atoms with Gasteiger partial charge >= 0.3 is 0 Å². The van der Waals surface area contributed by atoms with Crippen molar-refractivity contribution in [2.24, 2.45) is 5.92 Å². The molecule has 0 aliphatic carbocycles. The molecule has 114 valence electrons. The monoisotopic (exact) mass is 284 g/mol. The van der Waals surface area contributed by atoms with E-state index in [1.165, 1.54) is 4.90 Å². The zero-order chi connectivity index (χ0) is 15.4. The summed E-state index contributed by atoms with van der Waals surface area (Å²) in [5.74, 6) is -1.40. The predicted octanol–water partition coefficient (Wildman–Crippen LogP) is 1.75. The first-order valence-electron chi connectivity index (χ1n) is 7.06. The number of nitrogens with zero attached hydrogens (tertiary/aromatic N) is 1. The van der Waals surface area contributed by atoms with Crippen molar-refractivity contribution < 1.29 is 19.9 Å². The molecule has 1 aliphatic rings. The van der Waals surface area contributed by atoms with Crippen LogP contribution >= 0.6 is 0 Å². The molecule has 2 atom stereocenters. The van der Waals surface area contributed by atoms with E-state index in [-0.39, 0.29) is 17.7 Å².